The molecule has 0 aliphatic rings. The number of hydrogen-bond acceptors (Lipinski definition) is 2. The molecule has 1 N–H and O–H groups in total. The lowest BCUT2D eigenvalue weighted by atomic mass is 10.0. The van der Waals surface area contributed by atoms with E-state index in [1.165, 1.54) is 12.1 Å². The Balaban J connectivity index is 2.07. The third-order valence-corrected chi connectivity index (χ3v) is 3.59. The third kappa shape index (κ3) is 4.58. The van der Waals surface area contributed by atoms with Crippen LogP contribution in [0.25, 0.3) is 0 Å². The average molecular weight is 337 g/mol. The van der Waals surface area contributed by atoms with E-state index >= 15 is 0 Å². The number of benzene rings is 2. The summed E-state index contributed by atoms with van der Waals surface area (Å²) in [5.74, 6) is -0.291. The molecule has 1 amide bonds. The predicted octanol–water partition coefficient (Wildman–Crippen LogP) is 4.34. The average Bonchev–Trinajstić information content (AvgIpc) is 2.54. The molecule has 2 rings (SSSR count). The van der Waals surface area contributed by atoms with Gasteiger partial charge in [0.15, 0.2) is 0 Å². The van der Waals surface area contributed by atoms with Crippen molar-refractivity contribution in [3.63, 3.8) is 0 Å². The van der Waals surface area contributed by atoms with Gasteiger partial charge in [-0.2, -0.15) is 13.2 Å². The Morgan fingerprint density at radius 2 is 1.83 bits per heavy atom. The van der Waals surface area contributed by atoms with Gasteiger partial charge in [0.05, 0.1) is 18.2 Å². The number of halogens is 3. The van der Waals surface area contributed by atoms with Gasteiger partial charge in [-0.1, -0.05) is 24.3 Å². The summed E-state index contributed by atoms with van der Waals surface area (Å²) in [6.07, 6.45) is -4.37. The number of carbonyl (C=O) groups excluding carboxylic acids is 1. The van der Waals surface area contributed by atoms with E-state index in [2.05, 4.69) is 5.32 Å². The zero-order valence-electron chi connectivity index (χ0n) is 13.4. The lowest BCUT2D eigenvalue weighted by molar-refractivity contribution is -0.137. The molecule has 24 heavy (non-hydrogen) atoms. The molecule has 0 radical (unpaired) electrons. The number of alkyl halides is 3. The van der Waals surface area contributed by atoms with Crippen molar-refractivity contribution >= 4 is 5.91 Å². The first kappa shape index (κ1) is 18.0. The Kier molecular flexibility index (Phi) is 5.62. The SMILES string of the molecule is COCc1cccc(C(=O)N[C@H](C)c2ccc(C(F)(F)F)cc2)c1. The van der Waals surface area contributed by atoms with Gasteiger partial charge >= 0.3 is 6.18 Å². The normalized spacial score (nSPS) is 12.7. The van der Waals surface area contributed by atoms with Crippen LogP contribution >= 0.6 is 0 Å². The van der Waals surface area contributed by atoms with Crippen molar-refractivity contribution in [2.75, 3.05) is 7.11 Å². The molecule has 0 aliphatic heterocycles. The van der Waals surface area contributed by atoms with Gasteiger partial charge in [0.1, 0.15) is 0 Å². The highest BCUT2D eigenvalue weighted by Gasteiger charge is 2.30. The lowest BCUT2D eigenvalue weighted by Gasteiger charge is -2.16. The van der Waals surface area contributed by atoms with E-state index in [9.17, 15) is 18.0 Å². The van der Waals surface area contributed by atoms with E-state index in [4.69, 9.17) is 4.74 Å². The number of methoxy groups -OCH3 is 1. The van der Waals surface area contributed by atoms with Gasteiger partial charge in [-0.05, 0) is 42.3 Å². The number of hydrogen-bond donors (Lipinski definition) is 1. The first-order valence-corrected chi connectivity index (χ1v) is 7.37. The van der Waals surface area contributed by atoms with E-state index < -0.39 is 17.8 Å². The van der Waals surface area contributed by atoms with Crippen molar-refractivity contribution in [3.8, 4) is 0 Å². The van der Waals surface area contributed by atoms with Crippen LogP contribution in [0.5, 0.6) is 0 Å². The van der Waals surface area contributed by atoms with Gasteiger partial charge in [-0.3, -0.25) is 4.79 Å². The highest BCUT2D eigenvalue weighted by molar-refractivity contribution is 5.94. The third-order valence-electron chi connectivity index (χ3n) is 3.59. The van der Waals surface area contributed by atoms with Crippen LogP contribution in [-0.4, -0.2) is 13.0 Å². The van der Waals surface area contributed by atoms with Crippen LogP contribution in [0.3, 0.4) is 0 Å². The van der Waals surface area contributed by atoms with Crippen LogP contribution in [0.4, 0.5) is 13.2 Å². The fourth-order valence-electron chi connectivity index (χ4n) is 2.29. The molecule has 0 unspecified atom stereocenters. The molecule has 0 bridgehead atoms. The summed E-state index contributed by atoms with van der Waals surface area (Å²) in [7, 11) is 1.57. The van der Waals surface area contributed by atoms with Crippen molar-refractivity contribution in [1.29, 1.82) is 0 Å². The summed E-state index contributed by atoms with van der Waals surface area (Å²) >= 11 is 0. The molecule has 0 heterocycles. The summed E-state index contributed by atoms with van der Waals surface area (Å²) < 4.78 is 42.7. The number of ether oxygens (including phenoxy) is 1. The minimum absolute atomic E-state index is 0.291. The Morgan fingerprint density at radius 1 is 1.17 bits per heavy atom. The van der Waals surface area contributed by atoms with Crippen LogP contribution in [0, 0.1) is 0 Å². The second-order valence-electron chi connectivity index (χ2n) is 5.45. The first-order chi connectivity index (χ1) is 11.3. The maximum Gasteiger partial charge on any atom is 0.416 e. The predicted molar refractivity (Wildman–Crippen MR) is 84.5 cm³/mol. The molecule has 3 nitrogen and oxygen atoms in total. The van der Waals surface area contributed by atoms with Crippen LogP contribution in [-0.2, 0) is 17.5 Å². The quantitative estimate of drug-likeness (QED) is 0.881. The van der Waals surface area contributed by atoms with E-state index in [0.717, 1.165) is 17.7 Å². The van der Waals surface area contributed by atoms with Gasteiger partial charge in [0, 0.05) is 12.7 Å². The maximum atomic E-state index is 12.6. The van der Waals surface area contributed by atoms with Gasteiger partial charge in [0.2, 0.25) is 0 Å². The Morgan fingerprint density at radius 3 is 2.42 bits per heavy atom. The summed E-state index contributed by atoms with van der Waals surface area (Å²) in [6.45, 7) is 2.12. The largest absolute Gasteiger partial charge is 0.416 e. The van der Waals surface area contributed by atoms with Crippen molar-refractivity contribution in [1.82, 2.24) is 5.32 Å². The molecule has 2 aromatic carbocycles. The number of amides is 1. The van der Waals surface area contributed by atoms with Crippen LogP contribution in [0.2, 0.25) is 0 Å². The summed E-state index contributed by atoms with van der Waals surface area (Å²) in [5, 5.41) is 2.78. The number of carbonyl (C=O) groups is 1. The molecule has 1 atom stereocenters. The van der Waals surface area contributed by atoms with E-state index in [-0.39, 0.29) is 5.91 Å². The lowest BCUT2D eigenvalue weighted by Crippen LogP contribution is -2.26. The second-order valence-corrected chi connectivity index (χ2v) is 5.45. The zero-order chi connectivity index (χ0) is 17.7. The minimum atomic E-state index is -4.37. The minimum Gasteiger partial charge on any atom is -0.380 e. The molecule has 2 aromatic rings. The Labute approximate surface area is 138 Å². The maximum absolute atomic E-state index is 12.6. The van der Waals surface area contributed by atoms with E-state index in [1.807, 2.05) is 6.07 Å². The molecule has 0 saturated heterocycles. The Hall–Kier alpha value is -2.34. The van der Waals surface area contributed by atoms with Crippen LogP contribution < -0.4 is 5.32 Å². The first-order valence-electron chi connectivity index (χ1n) is 7.37. The molecular weight excluding hydrogens is 319 g/mol. The van der Waals surface area contributed by atoms with Crippen LogP contribution in [0.15, 0.2) is 48.5 Å². The van der Waals surface area contributed by atoms with Crippen LogP contribution in [0.1, 0.15) is 40.0 Å². The summed E-state index contributed by atoms with van der Waals surface area (Å²) in [6, 6.07) is 11.3. The molecule has 0 aromatic heterocycles. The molecule has 0 saturated carbocycles. The van der Waals surface area contributed by atoms with Crippen molar-refractivity contribution in [2.24, 2.45) is 0 Å². The fourth-order valence-corrected chi connectivity index (χ4v) is 2.29. The van der Waals surface area contributed by atoms with Gasteiger partial charge in [0.25, 0.3) is 5.91 Å². The van der Waals surface area contributed by atoms with Crippen molar-refractivity contribution in [3.05, 3.63) is 70.8 Å². The Bertz CT molecular complexity index is 696. The number of rotatable bonds is 5. The smallest absolute Gasteiger partial charge is 0.380 e. The molecule has 6 heteroatoms. The number of nitrogens with one attached hydrogen (secondary N) is 1. The van der Waals surface area contributed by atoms with Crippen molar-refractivity contribution in [2.45, 2.75) is 25.7 Å². The molecule has 0 aliphatic carbocycles. The molecule has 0 spiro atoms. The van der Waals surface area contributed by atoms with Gasteiger partial charge < -0.3 is 10.1 Å². The monoisotopic (exact) mass is 337 g/mol. The molecular formula is C18H18F3NO2. The molecule has 128 valence electrons. The fraction of sp³-hybridized carbons (Fsp3) is 0.278. The van der Waals surface area contributed by atoms with Gasteiger partial charge in [-0.25, -0.2) is 0 Å². The van der Waals surface area contributed by atoms with E-state index in [1.54, 1.807) is 32.2 Å². The topological polar surface area (TPSA) is 38.3 Å². The summed E-state index contributed by atoms with van der Waals surface area (Å²) in [4.78, 5) is 12.3. The van der Waals surface area contributed by atoms with Gasteiger partial charge in [-0.15, -0.1) is 0 Å². The second kappa shape index (κ2) is 7.49. The summed E-state index contributed by atoms with van der Waals surface area (Å²) in [5.41, 5.74) is 1.23. The standard InChI is InChI=1S/C18H18F3NO2/c1-12(14-6-8-16(9-7-14)18(19,20)21)22-17(23)15-5-3-4-13(10-15)11-24-2/h3-10,12H,11H2,1-2H3,(H,22,23)/t12-/m1/s1. The van der Waals surface area contributed by atoms with Crippen molar-refractivity contribution < 1.29 is 22.7 Å². The van der Waals surface area contributed by atoms with E-state index in [0.29, 0.717) is 17.7 Å². The highest BCUT2D eigenvalue weighted by atomic mass is 19.4. The zero-order valence-corrected chi connectivity index (χ0v) is 13.4. The molecule has 0 fully saturated rings. The highest BCUT2D eigenvalue weighted by Crippen LogP contribution is 2.29.